The highest BCUT2D eigenvalue weighted by atomic mass is 32.2. The van der Waals surface area contributed by atoms with Gasteiger partial charge in [0.2, 0.25) is 0 Å². The molecule has 0 atom stereocenters. The van der Waals surface area contributed by atoms with Crippen molar-refractivity contribution < 1.29 is 4.92 Å². The minimum Gasteiger partial charge on any atom is -0.259 e. The predicted molar refractivity (Wildman–Crippen MR) is 79.0 cm³/mol. The van der Waals surface area contributed by atoms with Crippen molar-refractivity contribution >= 4 is 23.5 Å². The number of nitrogens with zero attached hydrogens (tertiary/aromatic N) is 1. The van der Waals surface area contributed by atoms with Crippen LogP contribution in [0.4, 0.5) is 0 Å². The van der Waals surface area contributed by atoms with E-state index in [2.05, 4.69) is 13.8 Å². The molecule has 3 nitrogen and oxygen atoms in total. The Labute approximate surface area is 113 Å². The summed E-state index contributed by atoms with van der Waals surface area (Å²) in [6, 6.07) is 0. The van der Waals surface area contributed by atoms with Gasteiger partial charge in [-0.3, -0.25) is 10.1 Å². The Hall–Kier alpha value is -0.160. The average Bonchev–Trinajstić information content (AvgIpc) is 2.29. The summed E-state index contributed by atoms with van der Waals surface area (Å²) in [6.45, 7) is 4.33. The van der Waals surface area contributed by atoms with Crippen molar-refractivity contribution in [1.29, 1.82) is 0 Å². The zero-order valence-corrected chi connectivity index (χ0v) is 12.4. The van der Waals surface area contributed by atoms with Gasteiger partial charge in [-0.05, 0) is 24.3 Å². The number of rotatable bonds is 11. The summed E-state index contributed by atoms with van der Waals surface area (Å²) in [6.07, 6.45) is 8.25. The molecule has 0 aromatic rings. The molecule has 5 heteroatoms. The molecule has 0 radical (unpaired) electrons. The van der Waals surface area contributed by atoms with Gasteiger partial charge in [0.25, 0.3) is 6.20 Å². The summed E-state index contributed by atoms with van der Waals surface area (Å²) < 4.78 is 0.863. The topological polar surface area (TPSA) is 43.1 Å². The Kier molecular flexibility index (Phi) is 12.2. The molecule has 0 aliphatic rings. The molecule has 0 unspecified atom stereocenters. The van der Waals surface area contributed by atoms with Gasteiger partial charge in [-0.15, -0.1) is 23.5 Å². The van der Waals surface area contributed by atoms with Gasteiger partial charge in [0.05, 0.1) is 4.92 Å². The van der Waals surface area contributed by atoms with Gasteiger partial charge in [-0.1, -0.05) is 39.5 Å². The van der Waals surface area contributed by atoms with Crippen molar-refractivity contribution in [3.05, 3.63) is 20.6 Å². The van der Waals surface area contributed by atoms with Crippen LogP contribution in [0.5, 0.6) is 0 Å². The Morgan fingerprint density at radius 3 is 1.88 bits per heavy atom. The Morgan fingerprint density at radius 1 is 1.06 bits per heavy atom. The minimum absolute atomic E-state index is 0.338. The normalized spacial score (nSPS) is 10.2. The lowest BCUT2D eigenvalue weighted by Crippen LogP contribution is -1.89. The molecular formula is C12H23NO2S2. The molecule has 0 heterocycles. The third-order valence-electron chi connectivity index (χ3n) is 2.20. The lowest BCUT2D eigenvalue weighted by atomic mass is 10.3. The zero-order valence-electron chi connectivity index (χ0n) is 10.8. The SMILES string of the molecule is CCCCCSC(=C[N+](=O)[O-])SCCCCC. The van der Waals surface area contributed by atoms with E-state index in [0.717, 1.165) is 34.8 Å². The molecule has 0 bridgehead atoms. The molecule has 17 heavy (non-hydrogen) atoms. The summed E-state index contributed by atoms with van der Waals surface area (Å²) in [5.74, 6) is 1.99. The number of thioether (sulfide) groups is 2. The fourth-order valence-corrected chi connectivity index (χ4v) is 3.51. The third-order valence-corrected chi connectivity index (χ3v) is 4.67. The summed E-state index contributed by atoms with van der Waals surface area (Å²) in [7, 11) is 0. The maximum atomic E-state index is 10.5. The molecule has 100 valence electrons. The first-order valence-electron chi connectivity index (χ1n) is 6.31. The second kappa shape index (κ2) is 12.3. The Balaban J connectivity index is 3.85. The number of unbranched alkanes of at least 4 members (excludes halogenated alkanes) is 4. The van der Waals surface area contributed by atoms with Gasteiger partial charge in [-0.2, -0.15) is 0 Å². The summed E-state index contributed by atoms with van der Waals surface area (Å²) >= 11 is 3.26. The summed E-state index contributed by atoms with van der Waals surface area (Å²) in [4.78, 5) is 10.2. The van der Waals surface area contributed by atoms with Crippen molar-refractivity contribution in [2.75, 3.05) is 11.5 Å². The molecule has 0 N–H and O–H groups in total. The van der Waals surface area contributed by atoms with E-state index in [1.807, 2.05) is 0 Å². The van der Waals surface area contributed by atoms with Crippen LogP contribution in [0, 0.1) is 10.1 Å². The lowest BCUT2D eigenvalue weighted by molar-refractivity contribution is -0.402. The molecular weight excluding hydrogens is 254 g/mol. The molecule has 0 aromatic carbocycles. The van der Waals surface area contributed by atoms with E-state index in [4.69, 9.17) is 0 Å². The van der Waals surface area contributed by atoms with Crippen LogP contribution < -0.4 is 0 Å². The van der Waals surface area contributed by atoms with Gasteiger partial charge in [0, 0.05) is 0 Å². The number of hydrogen-bond donors (Lipinski definition) is 0. The Morgan fingerprint density at radius 2 is 1.53 bits per heavy atom. The fraction of sp³-hybridized carbons (Fsp3) is 0.833. The van der Waals surface area contributed by atoms with Crippen molar-refractivity contribution in [3.63, 3.8) is 0 Å². The van der Waals surface area contributed by atoms with Crippen LogP contribution in [-0.4, -0.2) is 16.4 Å². The molecule has 0 saturated heterocycles. The summed E-state index contributed by atoms with van der Waals surface area (Å²) in [5.41, 5.74) is 0. The molecule has 0 rings (SSSR count). The van der Waals surface area contributed by atoms with E-state index in [-0.39, 0.29) is 4.92 Å². The number of hydrogen-bond acceptors (Lipinski definition) is 4. The van der Waals surface area contributed by atoms with Crippen LogP contribution in [0.15, 0.2) is 10.4 Å². The maximum Gasteiger partial charge on any atom is 0.254 e. The second-order valence-electron chi connectivity index (χ2n) is 3.84. The number of nitro groups is 1. The third kappa shape index (κ3) is 12.1. The van der Waals surface area contributed by atoms with E-state index < -0.39 is 0 Å². The van der Waals surface area contributed by atoms with Gasteiger partial charge in [0.1, 0.15) is 4.24 Å². The van der Waals surface area contributed by atoms with E-state index in [9.17, 15) is 10.1 Å². The van der Waals surface area contributed by atoms with Crippen LogP contribution in [0.1, 0.15) is 52.4 Å². The van der Waals surface area contributed by atoms with Crippen molar-refractivity contribution in [2.24, 2.45) is 0 Å². The molecule has 0 aromatic heterocycles. The average molecular weight is 277 g/mol. The second-order valence-corrected chi connectivity index (χ2v) is 6.38. The highest BCUT2D eigenvalue weighted by Gasteiger charge is 2.04. The van der Waals surface area contributed by atoms with Crippen LogP contribution >= 0.6 is 23.5 Å². The van der Waals surface area contributed by atoms with E-state index in [1.54, 1.807) is 23.5 Å². The Bertz CT molecular complexity index is 219. The lowest BCUT2D eigenvalue weighted by Gasteiger charge is -2.04. The van der Waals surface area contributed by atoms with Crippen molar-refractivity contribution in [3.8, 4) is 0 Å². The molecule has 0 amide bonds. The first-order valence-corrected chi connectivity index (χ1v) is 8.28. The molecule has 0 fully saturated rings. The quantitative estimate of drug-likeness (QED) is 0.306. The highest BCUT2D eigenvalue weighted by molar-refractivity contribution is 8.22. The molecule has 0 spiro atoms. The van der Waals surface area contributed by atoms with E-state index >= 15 is 0 Å². The van der Waals surface area contributed by atoms with Crippen LogP contribution in [0.25, 0.3) is 0 Å². The van der Waals surface area contributed by atoms with Gasteiger partial charge in [0.15, 0.2) is 0 Å². The zero-order chi connectivity index (χ0) is 12.9. The first-order chi connectivity index (χ1) is 8.20. The monoisotopic (exact) mass is 277 g/mol. The van der Waals surface area contributed by atoms with Gasteiger partial charge >= 0.3 is 0 Å². The molecule has 0 saturated carbocycles. The smallest absolute Gasteiger partial charge is 0.254 e. The molecule has 0 aliphatic carbocycles. The maximum absolute atomic E-state index is 10.5. The minimum atomic E-state index is -0.338. The largest absolute Gasteiger partial charge is 0.259 e. The van der Waals surface area contributed by atoms with Gasteiger partial charge in [-0.25, -0.2) is 0 Å². The van der Waals surface area contributed by atoms with Crippen molar-refractivity contribution in [2.45, 2.75) is 52.4 Å². The van der Waals surface area contributed by atoms with Crippen molar-refractivity contribution in [1.82, 2.24) is 0 Å². The van der Waals surface area contributed by atoms with Crippen LogP contribution in [-0.2, 0) is 0 Å². The fourth-order valence-electron chi connectivity index (χ4n) is 1.25. The van der Waals surface area contributed by atoms with Crippen LogP contribution in [0.3, 0.4) is 0 Å². The predicted octanol–water partition coefficient (Wildman–Crippen LogP) is 4.91. The first kappa shape index (κ1) is 16.8. The van der Waals surface area contributed by atoms with E-state index in [1.165, 1.54) is 25.7 Å². The standard InChI is InChI=1S/C12H23NO2S2/c1-3-5-7-9-16-12(11-13(14)15)17-10-8-6-4-2/h11H,3-10H2,1-2H3. The highest BCUT2D eigenvalue weighted by Crippen LogP contribution is 2.30. The van der Waals surface area contributed by atoms with Crippen LogP contribution in [0.2, 0.25) is 0 Å². The molecule has 0 aliphatic heterocycles. The van der Waals surface area contributed by atoms with Gasteiger partial charge < -0.3 is 0 Å². The van der Waals surface area contributed by atoms with E-state index in [0.29, 0.717) is 0 Å². The summed E-state index contributed by atoms with van der Waals surface area (Å²) in [5, 5.41) is 10.5.